The first-order valence-electron chi connectivity index (χ1n) is 7.39. The van der Waals surface area contributed by atoms with Crippen LogP contribution in [0.2, 0.25) is 0 Å². The van der Waals surface area contributed by atoms with E-state index < -0.39 is 0 Å². The van der Waals surface area contributed by atoms with E-state index in [0.29, 0.717) is 16.7 Å². The number of hydrogen-bond donors (Lipinski definition) is 2. The number of ketones is 1. The van der Waals surface area contributed by atoms with E-state index in [0.717, 1.165) is 17.0 Å². The van der Waals surface area contributed by atoms with Crippen LogP contribution < -0.4 is 10.1 Å². The second-order valence-electron chi connectivity index (χ2n) is 5.57. The quantitative estimate of drug-likeness (QED) is 0.889. The number of ether oxygens (including phenoxy) is 1. The van der Waals surface area contributed by atoms with Gasteiger partial charge in [0, 0.05) is 22.4 Å². The molecule has 0 aromatic heterocycles. The molecule has 2 aliphatic rings. The first-order valence-corrected chi connectivity index (χ1v) is 7.39. The molecule has 0 fully saturated rings. The molecule has 0 radical (unpaired) electrons. The van der Waals surface area contributed by atoms with Crippen LogP contribution in [0, 0.1) is 0 Å². The van der Waals surface area contributed by atoms with Gasteiger partial charge in [0.2, 0.25) is 0 Å². The molecule has 114 valence electrons. The number of aliphatic hydroxyl groups excluding tert-OH is 1. The maximum Gasteiger partial charge on any atom is 0.195 e. The number of hydrogen-bond acceptors (Lipinski definition) is 4. The van der Waals surface area contributed by atoms with Crippen molar-refractivity contribution >= 4 is 23.3 Å². The molecule has 2 aromatic rings. The van der Waals surface area contributed by atoms with Gasteiger partial charge in [0.25, 0.3) is 0 Å². The molecule has 0 amide bonds. The lowest BCUT2D eigenvalue weighted by atomic mass is 9.97. The minimum atomic E-state index is -0.351. The van der Waals surface area contributed by atoms with E-state index in [1.807, 2.05) is 36.4 Å². The molecule has 0 spiro atoms. The van der Waals surface area contributed by atoms with Crippen LogP contribution in [0.5, 0.6) is 5.75 Å². The molecule has 4 rings (SSSR count). The minimum absolute atomic E-state index is 0.0599. The zero-order valence-corrected chi connectivity index (χ0v) is 12.5. The van der Waals surface area contributed by atoms with E-state index in [2.05, 4.69) is 5.32 Å². The third-order valence-electron chi connectivity index (χ3n) is 4.28. The topological polar surface area (TPSA) is 58.6 Å². The summed E-state index contributed by atoms with van der Waals surface area (Å²) in [5.74, 6) is 0.710. The van der Waals surface area contributed by atoms with Crippen molar-refractivity contribution < 1.29 is 14.6 Å². The van der Waals surface area contributed by atoms with Crippen molar-refractivity contribution in [3.63, 3.8) is 0 Å². The number of fused-ring (bicyclic) bond motifs is 2. The summed E-state index contributed by atoms with van der Waals surface area (Å²) in [7, 11) is 1.63. The van der Waals surface area contributed by atoms with E-state index in [1.165, 1.54) is 0 Å². The highest BCUT2D eigenvalue weighted by Gasteiger charge is 2.34. The van der Waals surface area contributed by atoms with Crippen LogP contribution in [0.25, 0.3) is 11.8 Å². The Bertz CT molecular complexity index is 880. The standard InChI is InChI=1S/C19H15NO3/c1-23-12-7-9-15-11(10-12)6-8-16(20-15)17-18(21)13-4-2-3-5-14(13)19(17)22/h2-10,16,20-21H,1H3/t16-/m0/s1. The Kier molecular flexibility index (Phi) is 2.98. The summed E-state index contributed by atoms with van der Waals surface area (Å²) < 4.78 is 5.22. The number of anilines is 1. The van der Waals surface area contributed by atoms with Gasteiger partial charge >= 0.3 is 0 Å². The lowest BCUT2D eigenvalue weighted by Gasteiger charge is -2.23. The third-order valence-corrected chi connectivity index (χ3v) is 4.28. The molecule has 1 aliphatic carbocycles. The summed E-state index contributed by atoms with van der Waals surface area (Å²) in [5.41, 5.74) is 3.44. The highest BCUT2D eigenvalue weighted by molar-refractivity contribution is 6.20. The predicted octanol–water partition coefficient (Wildman–Crippen LogP) is 3.67. The summed E-state index contributed by atoms with van der Waals surface area (Å²) in [6.45, 7) is 0. The van der Waals surface area contributed by atoms with Crippen molar-refractivity contribution in [2.75, 3.05) is 12.4 Å². The van der Waals surface area contributed by atoms with Gasteiger partial charge in [-0.25, -0.2) is 0 Å². The summed E-state index contributed by atoms with van der Waals surface area (Å²) in [6.07, 6.45) is 3.83. The van der Waals surface area contributed by atoms with Gasteiger partial charge in [-0.3, -0.25) is 4.79 Å². The third kappa shape index (κ3) is 2.03. The average Bonchev–Trinajstić information content (AvgIpc) is 2.85. The van der Waals surface area contributed by atoms with Gasteiger partial charge in [-0.05, 0) is 18.2 Å². The molecule has 0 unspecified atom stereocenters. The molecule has 1 atom stereocenters. The lowest BCUT2D eigenvalue weighted by Crippen LogP contribution is -2.26. The van der Waals surface area contributed by atoms with Crippen LogP contribution in [0.1, 0.15) is 21.5 Å². The van der Waals surface area contributed by atoms with E-state index in [1.54, 1.807) is 25.3 Å². The summed E-state index contributed by atoms with van der Waals surface area (Å²) >= 11 is 0. The van der Waals surface area contributed by atoms with Gasteiger partial charge in [-0.15, -0.1) is 0 Å². The van der Waals surface area contributed by atoms with Crippen molar-refractivity contribution in [2.24, 2.45) is 0 Å². The van der Waals surface area contributed by atoms with Crippen molar-refractivity contribution in [3.05, 3.63) is 70.8 Å². The fourth-order valence-corrected chi connectivity index (χ4v) is 3.09. The molecule has 4 heteroatoms. The van der Waals surface area contributed by atoms with Crippen LogP contribution in [0.4, 0.5) is 5.69 Å². The average molecular weight is 305 g/mol. The molecule has 1 heterocycles. The lowest BCUT2D eigenvalue weighted by molar-refractivity contribution is 0.103. The second-order valence-corrected chi connectivity index (χ2v) is 5.57. The van der Waals surface area contributed by atoms with Crippen LogP contribution in [0.3, 0.4) is 0 Å². The largest absolute Gasteiger partial charge is 0.507 e. The van der Waals surface area contributed by atoms with Crippen molar-refractivity contribution in [1.82, 2.24) is 0 Å². The first-order chi connectivity index (χ1) is 11.2. The van der Waals surface area contributed by atoms with Crippen LogP contribution in [0.15, 0.2) is 54.1 Å². The van der Waals surface area contributed by atoms with Gasteiger partial charge in [-0.2, -0.15) is 0 Å². The van der Waals surface area contributed by atoms with E-state index >= 15 is 0 Å². The number of carbonyl (C=O) groups is 1. The molecule has 1 aliphatic heterocycles. The van der Waals surface area contributed by atoms with Crippen molar-refractivity contribution in [1.29, 1.82) is 0 Å². The smallest absolute Gasteiger partial charge is 0.195 e. The number of methoxy groups -OCH3 is 1. The number of Topliss-reactive ketones (excluding diaryl/α,β-unsaturated/α-hetero) is 1. The molecular formula is C19H15NO3. The zero-order valence-electron chi connectivity index (χ0n) is 12.5. The molecule has 0 saturated carbocycles. The Morgan fingerprint density at radius 2 is 1.91 bits per heavy atom. The summed E-state index contributed by atoms with van der Waals surface area (Å²) in [4.78, 5) is 12.6. The monoisotopic (exact) mass is 305 g/mol. The molecule has 2 N–H and O–H groups in total. The van der Waals surface area contributed by atoms with E-state index in [9.17, 15) is 9.90 Å². The molecule has 23 heavy (non-hydrogen) atoms. The van der Waals surface area contributed by atoms with Crippen molar-refractivity contribution in [3.8, 4) is 5.75 Å². The fourth-order valence-electron chi connectivity index (χ4n) is 3.09. The number of benzene rings is 2. The highest BCUT2D eigenvalue weighted by Crippen LogP contribution is 2.36. The van der Waals surface area contributed by atoms with Crippen LogP contribution >= 0.6 is 0 Å². The second kappa shape index (κ2) is 5.02. The molecule has 0 saturated heterocycles. The molecule has 0 bridgehead atoms. The first kappa shape index (κ1) is 13.6. The van der Waals surface area contributed by atoms with E-state index in [4.69, 9.17) is 4.74 Å². The van der Waals surface area contributed by atoms with Gasteiger partial charge in [0.15, 0.2) is 5.78 Å². The maximum atomic E-state index is 12.6. The zero-order chi connectivity index (χ0) is 16.0. The Morgan fingerprint density at radius 1 is 1.13 bits per heavy atom. The van der Waals surface area contributed by atoms with Gasteiger partial charge in [0.05, 0.1) is 18.7 Å². The fraction of sp³-hybridized carbons (Fsp3) is 0.105. The van der Waals surface area contributed by atoms with Gasteiger partial charge < -0.3 is 15.2 Å². The number of rotatable bonds is 2. The summed E-state index contributed by atoms with van der Waals surface area (Å²) in [5, 5.41) is 13.8. The molecule has 2 aromatic carbocycles. The van der Waals surface area contributed by atoms with Crippen LogP contribution in [-0.4, -0.2) is 24.0 Å². The SMILES string of the molecule is COc1ccc2c(c1)C=C[C@@H](C1=C(O)c3ccccc3C1=O)N2. The normalized spacial score (nSPS) is 18.5. The number of aliphatic hydroxyl groups is 1. The van der Waals surface area contributed by atoms with Crippen molar-refractivity contribution in [2.45, 2.75) is 6.04 Å². The number of nitrogens with one attached hydrogen (secondary N) is 1. The number of carbonyl (C=O) groups excluding carboxylic acids is 1. The Balaban J connectivity index is 1.72. The van der Waals surface area contributed by atoms with Crippen LogP contribution in [-0.2, 0) is 0 Å². The highest BCUT2D eigenvalue weighted by atomic mass is 16.5. The summed E-state index contributed by atoms with van der Waals surface area (Å²) in [6, 6.07) is 12.5. The minimum Gasteiger partial charge on any atom is -0.507 e. The Hall–Kier alpha value is -3.01. The predicted molar refractivity (Wildman–Crippen MR) is 89.8 cm³/mol. The van der Waals surface area contributed by atoms with E-state index in [-0.39, 0.29) is 17.6 Å². The Labute approximate surface area is 133 Å². The molecule has 4 nitrogen and oxygen atoms in total. The maximum absolute atomic E-state index is 12.6. The molecular weight excluding hydrogens is 290 g/mol. The Morgan fingerprint density at radius 3 is 2.65 bits per heavy atom. The van der Waals surface area contributed by atoms with Gasteiger partial charge in [0.1, 0.15) is 11.5 Å². The van der Waals surface area contributed by atoms with Gasteiger partial charge in [-0.1, -0.05) is 36.4 Å².